The lowest BCUT2D eigenvalue weighted by Crippen LogP contribution is -2.00. The highest BCUT2D eigenvalue weighted by atomic mass is 16.5. The Morgan fingerprint density at radius 1 is 1.12 bits per heavy atom. The van der Waals surface area contributed by atoms with Gasteiger partial charge in [0, 0.05) is 0 Å². The van der Waals surface area contributed by atoms with Crippen LogP contribution in [0.2, 0.25) is 0 Å². The van der Waals surface area contributed by atoms with Gasteiger partial charge in [0.15, 0.2) is 11.5 Å². The van der Waals surface area contributed by atoms with E-state index < -0.39 is 0 Å². The van der Waals surface area contributed by atoms with Crippen molar-refractivity contribution in [1.29, 1.82) is 0 Å². The smallest absolute Gasteiger partial charge is 0.161 e. The van der Waals surface area contributed by atoms with Crippen molar-refractivity contribution < 1.29 is 9.47 Å². The number of rotatable bonds is 6. The summed E-state index contributed by atoms with van der Waals surface area (Å²) < 4.78 is 12.8. The van der Waals surface area contributed by atoms with Gasteiger partial charge in [-0.25, -0.2) is 9.66 Å². The largest absolute Gasteiger partial charge is 0.493 e. The van der Waals surface area contributed by atoms with E-state index in [9.17, 15) is 0 Å². The molecule has 4 rings (SSSR count). The molecule has 130 valence electrons. The summed E-state index contributed by atoms with van der Waals surface area (Å²) in [6.45, 7) is 0.319. The van der Waals surface area contributed by atoms with E-state index in [4.69, 9.17) is 9.47 Å². The van der Waals surface area contributed by atoms with Crippen LogP contribution in [0, 0.1) is 0 Å². The summed E-state index contributed by atoms with van der Waals surface area (Å²) in [5, 5.41) is 11.6. The topological polar surface area (TPSA) is 90.2 Å². The van der Waals surface area contributed by atoms with Crippen LogP contribution in [0.15, 0.2) is 60.2 Å². The fraction of sp³-hybridized carbons (Fsp3) is 0.111. The van der Waals surface area contributed by atoms with Crippen molar-refractivity contribution in [2.45, 2.75) is 6.61 Å². The molecule has 0 amide bonds. The van der Waals surface area contributed by atoms with Crippen LogP contribution in [0.5, 0.6) is 11.5 Å². The van der Waals surface area contributed by atoms with Crippen LogP contribution in [0.3, 0.4) is 0 Å². The molecule has 4 aromatic rings. The second kappa shape index (κ2) is 7.06. The van der Waals surface area contributed by atoms with E-state index in [2.05, 4.69) is 25.3 Å². The van der Waals surface area contributed by atoms with Crippen LogP contribution >= 0.6 is 0 Å². The Hall–Kier alpha value is -3.68. The zero-order chi connectivity index (χ0) is 17.8. The van der Waals surface area contributed by atoms with Crippen molar-refractivity contribution in [2.24, 2.45) is 5.10 Å². The van der Waals surface area contributed by atoms with Crippen LogP contribution in [-0.2, 0) is 6.61 Å². The van der Waals surface area contributed by atoms with Gasteiger partial charge >= 0.3 is 0 Å². The highest BCUT2D eigenvalue weighted by Crippen LogP contribution is 2.28. The lowest BCUT2D eigenvalue weighted by molar-refractivity contribution is 0.277. The maximum Gasteiger partial charge on any atom is 0.161 e. The molecule has 26 heavy (non-hydrogen) atoms. The molecule has 0 bridgehead atoms. The Labute approximate surface area is 149 Å². The number of aromatic nitrogens is 5. The highest BCUT2D eigenvalue weighted by molar-refractivity contribution is 5.80. The van der Waals surface area contributed by atoms with Gasteiger partial charge in [-0.1, -0.05) is 12.1 Å². The monoisotopic (exact) mass is 348 g/mol. The maximum absolute atomic E-state index is 5.86. The number of benzene rings is 2. The van der Waals surface area contributed by atoms with Crippen molar-refractivity contribution in [3.8, 4) is 11.5 Å². The van der Waals surface area contributed by atoms with Gasteiger partial charge in [-0.2, -0.15) is 5.10 Å². The number of para-hydroxylation sites is 2. The molecule has 0 saturated heterocycles. The number of hydrogen-bond donors (Lipinski definition) is 1. The fourth-order valence-corrected chi connectivity index (χ4v) is 2.49. The lowest BCUT2D eigenvalue weighted by atomic mass is 10.2. The number of aromatic amines is 1. The normalized spacial score (nSPS) is 11.3. The molecule has 0 aliphatic heterocycles. The van der Waals surface area contributed by atoms with Crippen LogP contribution in [0.1, 0.15) is 11.4 Å². The van der Waals surface area contributed by atoms with E-state index in [-0.39, 0.29) is 0 Å². The fourth-order valence-electron chi connectivity index (χ4n) is 2.49. The average Bonchev–Trinajstić information content (AvgIpc) is 3.34. The van der Waals surface area contributed by atoms with Gasteiger partial charge in [0.1, 0.15) is 25.1 Å². The summed E-state index contributed by atoms with van der Waals surface area (Å²) >= 11 is 0. The first-order chi connectivity index (χ1) is 12.8. The zero-order valence-electron chi connectivity index (χ0n) is 14.0. The Kier molecular flexibility index (Phi) is 4.29. The summed E-state index contributed by atoms with van der Waals surface area (Å²) in [7, 11) is 1.60. The van der Waals surface area contributed by atoms with Crippen LogP contribution in [-0.4, -0.2) is 38.2 Å². The van der Waals surface area contributed by atoms with Crippen molar-refractivity contribution in [3.63, 3.8) is 0 Å². The van der Waals surface area contributed by atoms with Gasteiger partial charge in [0.25, 0.3) is 0 Å². The average molecular weight is 348 g/mol. The number of hydrogen-bond acceptors (Lipinski definition) is 6. The van der Waals surface area contributed by atoms with Crippen molar-refractivity contribution in [2.75, 3.05) is 7.11 Å². The molecule has 0 fully saturated rings. The molecular weight excluding hydrogens is 332 g/mol. The molecule has 8 nitrogen and oxygen atoms in total. The van der Waals surface area contributed by atoms with Gasteiger partial charge in [-0.3, -0.25) is 0 Å². The molecule has 0 spiro atoms. The molecule has 0 unspecified atom stereocenters. The quantitative estimate of drug-likeness (QED) is 0.541. The Morgan fingerprint density at radius 2 is 1.96 bits per heavy atom. The predicted molar refractivity (Wildman–Crippen MR) is 96.4 cm³/mol. The lowest BCUT2D eigenvalue weighted by Gasteiger charge is -2.10. The highest BCUT2D eigenvalue weighted by Gasteiger charge is 2.08. The molecule has 0 saturated carbocycles. The molecule has 8 heteroatoms. The van der Waals surface area contributed by atoms with E-state index in [0.29, 0.717) is 18.1 Å². The van der Waals surface area contributed by atoms with E-state index in [1.165, 1.54) is 17.3 Å². The van der Waals surface area contributed by atoms with Gasteiger partial charge in [0.05, 0.1) is 24.4 Å². The number of H-pyrrole nitrogens is 1. The SMILES string of the molecule is COc1cc(C=Nn2cnnc2)ccc1OCc1nc2ccccc2[nH]1. The Bertz CT molecular complexity index is 1010. The molecular formula is C18H16N6O2. The first-order valence-electron chi connectivity index (χ1n) is 7.95. The minimum atomic E-state index is 0.319. The van der Waals surface area contributed by atoms with E-state index in [1.807, 2.05) is 42.5 Å². The van der Waals surface area contributed by atoms with Crippen LogP contribution in [0.4, 0.5) is 0 Å². The van der Waals surface area contributed by atoms with Gasteiger partial charge < -0.3 is 14.5 Å². The number of imidazole rings is 1. The minimum absolute atomic E-state index is 0.319. The zero-order valence-corrected chi connectivity index (χ0v) is 14.0. The third-order valence-electron chi connectivity index (χ3n) is 3.74. The summed E-state index contributed by atoms with van der Waals surface area (Å²) in [4.78, 5) is 7.74. The molecule has 2 aromatic heterocycles. The molecule has 0 aliphatic carbocycles. The maximum atomic E-state index is 5.86. The molecule has 2 heterocycles. The standard InChI is InChI=1S/C18H16N6O2/c1-25-17-8-13(9-21-24-11-19-20-12-24)6-7-16(17)26-10-18-22-14-4-2-3-5-15(14)23-18/h2-9,11-12H,10H2,1H3,(H,22,23). The number of fused-ring (bicyclic) bond motifs is 1. The first-order valence-corrected chi connectivity index (χ1v) is 7.95. The summed E-state index contributed by atoms with van der Waals surface area (Å²) in [6, 6.07) is 13.4. The summed E-state index contributed by atoms with van der Waals surface area (Å²) in [6.07, 6.45) is 4.71. The molecule has 1 N–H and O–H groups in total. The molecule has 0 radical (unpaired) electrons. The third-order valence-corrected chi connectivity index (χ3v) is 3.74. The molecule has 0 atom stereocenters. The third kappa shape index (κ3) is 3.39. The minimum Gasteiger partial charge on any atom is -0.493 e. The van der Waals surface area contributed by atoms with E-state index in [1.54, 1.807) is 13.3 Å². The first kappa shape index (κ1) is 15.8. The van der Waals surface area contributed by atoms with E-state index in [0.717, 1.165) is 22.4 Å². The Balaban J connectivity index is 1.49. The Morgan fingerprint density at radius 3 is 2.77 bits per heavy atom. The van der Waals surface area contributed by atoms with Crippen molar-refractivity contribution in [1.82, 2.24) is 24.8 Å². The number of nitrogens with one attached hydrogen (secondary N) is 1. The second-order valence-electron chi connectivity index (χ2n) is 5.49. The second-order valence-corrected chi connectivity index (χ2v) is 5.49. The van der Waals surface area contributed by atoms with Gasteiger partial charge in [0.2, 0.25) is 0 Å². The predicted octanol–water partition coefficient (Wildman–Crippen LogP) is 2.62. The van der Waals surface area contributed by atoms with Crippen LogP contribution in [0.25, 0.3) is 11.0 Å². The van der Waals surface area contributed by atoms with Gasteiger partial charge in [-0.05, 0) is 35.9 Å². The molecule has 0 aliphatic rings. The molecule has 2 aromatic carbocycles. The van der Waals surface area contributed by atoms with E-state index >= 15 is 0 Å². The van der Waals surface area contributed by atoms with Crippen molar-refractivity contribution >= 4 is 17.2 Å². The van der Waals surface area contributed by atoms with Crippen molar-refractivity contribution in [3.05, 3.63) is 66.5 Å². The number of ether oxygens (including phenoxy) is 2. The summed E-state index contributed by atoms with van der Waals surface area (Å²) in [5.74, 6) is 2.01. The summed E-state index contributed by atoms with van der Waals surface area (Å²) in [5.41, 5.74) is 2.77. The number of methoxy groups -OCH3 is 1. The van der Waals surface area contributed by atoms with Crippen LogP contribution < -0.4 is 9.47 Å². The van der Waals surface area contributed by atoms with Gasteiger partial charge in [-0.15, -0.1) is 10.2 Å². The number of nitrogens with zero attached hydrogens (tertiary/aromatic N) is 5.